The lowest BCUT2D eigenvalue weighted by Crippen LogP contribution is -2.30. The van der Waals surface area contributed by atoms with Crippen molar-refractivity contribution in [3.8, 4) is 0 Å². The van der Waals surface area contributed by atoms with Gasteiger partial charge in [-0.1, -0.05) is 6.07 Å². The predicted molar refractivity (Wildman–Crippen MR) is 71.2 cm³/mol. The summed E-state index contributed by atoms with van der Waals surface area (Å²) in [5, 5.41) is 9.51. The molecular weight excluding hydrogens is 248 g/mol. The van der Waals surface area contributed by atoms with E-state index in [1.165, 1.54) is 0 Å². The van der Waals surface area contributed by atoms with Crippen LogP contribution < -0.4 is 5.73 Å². The molecule has 0 saturated carbocycles. The predicted octanol–water partition coefficient (Wildman–Crippen LogP) is 1.78. The lowest BCUT2D eigenvalue weighted by molar-refractivity contribution is 0.0747. The summed E-state index contributed by atoms with van der Waals surface area (Å²) >= 11 is 1.63. The molecule has 0 unspecified atom stereocenters. The van der Waals surface area contributed by atoms with Crippen molar-refractivity contribution >= 4 is 23.1 Å². The first-order chi connectivity index (χ1) is 8.70. The summed E-state index contributed by atoms with van der Waals surface area (Å²) in [6, 6.07) is 7.16. The lowest BCUT2D eigenvalue weighted by Gasteiger charge is -2.19. The first-order valence-corrected chi connectivity index (χ1v) is 6.49. The first kappa shape index (κ1) is 12.5. The summed E-state index contributed by atoms with van der Waals surface area (Å²) in [5.41, 5.74) is 5.77. The van der Waals surface area contributed by atoms with Crippen molar-refractivity contribution in [2.45, 2.75) is 13.5 Å². The van der Waals surface area contributed by atoms with Gasteiger partial charge in [-0.3, -0.25) is 4.79 Å². The Balaban J connectivity index is 2.12. The minimum absolute atomic E-state index is 0.126. The standard InChI is InChI=1S/C12H14N4OS/c1-2-16(8-9-4-3-7-18-9)12(17)10-5-6-11(13)15-14-10/h3-7H,2,8H2,1H3,(H2,13,15). The van der Waals surface area contributed by atoms with Crippen LogP contribution in [0, 0.1) is 0 Å². The summed E-state index contributed by atoms with van der Waals surface area (Å²) in [4.78, 5) is 15.1. The summed E-state index contributed by atoms with van der Waals surface area (Å²) in [5.74, 6) is 0.186. The van der Waals surface area contributed by atoms with Crippen LogP contribution in [0.2, 0.25) is 0 Å². The van der Waals surface area contributed by atoms with Crippen molar-refractivity contribution in [3.63, 3.8) is 0 Å². The van der Waals surface area contributed by atoms with E-state index in [1.807, 2.05) is 24.4 Å². The largest absolute Gasteiger partial charge is 0.382 e. The van der Waals surface area contributed by atoms with Gasteiger partial charge in [-0.05, 0) is 30.5 Å². The van der Waals surface area contributed by atoms with Crippen LogP contribution in [0.1, 0.15) is 22.3 Å². The van der Waals surface area contributed by atoms with Gasteiger partial charge in [0.2, 0.25) is 0 Å². The highest BCUT2D eigenvalue weighted by Crippen LogP contribution is 2.13. The molecular formula is C12H14N4OS. The molecule has 0 fully saturated rings. The molecule has 94 valence electrons. The molecule has 0 spiro atoms. The van der Waals surface area contributed by atoms with Crippen LogP contribution in [0.5, 0.6) is 0 Å². The Morgan fingerprint density at radius 2 is 2.22 bits per heavy atom. The molecule has 0 radical (unpaired) electrons. The molecule has 18 heavy (non-hydrogen) atoms. The molecule has 2 rings (SSSR count). The molecule has 6 heteroatoms. The van der Waals surface area contributed by atoms with E-state index >= 15 is 0 Å². The summed E-state index contributed by atoms with van der Waals surface area (Å²) in [6.45, 7) is 3.16. The summed E-state index contributed by atoms with van der Waals surface area (Å²) < 4.78 is 0. The highest BCUT2D eigenvalue weighted by molar-refractivity contribution is 7.09. The zero-order chi connectivity index (χ0) is 13.0. The van der Waals surface area contributed by atoms with Crippen molar-refractivity contribution in [3.05, 3.63) is 40.2 Å². The molecule has 5 nitrogen and oxygen atoms in total. The third-order valence-electron chi connectivity index (χ3n) is 2.50. The molecule has 0 aromatic carbocycles. The third kappa shape index (κ3) is 2.84. The van der Waals surface area contributed by atoms with Gasteiger partial charge in [-0.2, -0.15) is 0 Å². The van der Waals surface area contributed by atoms with E-state index in [0.717, 1.165) is 4.88 Å². The average molecular weight is 262 g/mol. The monoisotopic (exact) mass is 262 g/mol. The number of carbonyl (C=O) groups excluding carboxylic acids is 1. The van der Waals surface area contributed by atoms with Crippen LogP contribution in [-0.4, -0.2) is 27.5 Å². The van der Waals surface area contributed by atoms with Crippen molar-refractivity contribution in [2.24, 2.45) is 0 Å². The number of aromatic nitrogens is 2. The SMILES string of the molecule is CCN(Cc1cccs1)C(=O)c1ccc(N)nn1. The number of rotatable bonds is 4. The van der Waals surface area contributed by atoms with Crippen molar-refractivity contribution < 1.29 is 4.79 Å². The zero-order valence-electron chi connectivity index (χ0n) is 10.0. The Labute approximate surface area is 109 Å². The van der Waals surface area contributed by atoms with Crippen LogP contribution in [0.25, 0.3) is 0 Å². The maximum absolute atomic E-state index is 12.2. The van der Waals surface area contributed by atoms with E-state index in [-0.39, 0.29) is 5.91 Å². The number of nitrogen functional groups attached to an aromatic ring is 1. The van der Waals surface area contributed by atoms with E-state index in [4.69, 9.17) is 5.73 Å². The van der Waals surface area contributed by atoms with Gasteiger partial charge in [0.25, 0.3) is 5.91 Å². The van der Waals surface area contributed by atoms with E-state index in [1.54, 1.807) is 28.4 Å². The highest BCUT2D eigenvalue weighted by atomic mass is 32.1. The smallest absolute Gasteiger partial charge is 0.274 e. The van der Waals surface area contributed by atoms with Gasteiger partial charge in [-0.25, -0.2) is 0 Å². The second kappa shape index (κ2) is 5.59. The van der Waals surface area contributed by atoms with Gasteiger partial charge < -0.3 is 10.6 Å². The number of hydrogen-bond acceptors (Lipinski definition) is 5. The number of nitrogens with two attached hydrogens (primary N) is 1. The van der Waals surface area contributed by atoms with Gasteiger partial charge in [0.05, 0.1) is 6.54 Å². The number of thiophene rings is 1. The fraction of sp³-hybridized carbons (Fsp3) is 0.250. The van der Waals surface area contributed by atoms with Gasteiger partial charge in [-0.15, -0.1) is 21.5 Å². The van der Waals surface area contributed by atoms with Crippen molar-refractivity contribution in [1.82, 2.24) is 15.1 Å². The average Bonchev–Trinajstić information content (AvgIpc) is 2.89. The lowest BCUT2D eigenvalue weighted by atomic mass is 10.3. The molecule has 2 N–H and O–H groups in total. The Kier molecular flexibility index (Phi) is 3.88. The fourth-order valence-corrected chi connectivity index (χ4v) is 2.26. The summed E-state index contributed by atoms with van der Waals surface area (Å²) in [6.07, 6.45) is 0. The minimum Gasteiger partial charge on any atom is -0.382 e. The van der Waals surface area contributed by atoms with E-state index < -0.39 is 0 Å². The van der Waals surface area contributed by atoms with Crippen LogP contribution in [-0.2, 0) is 6.54 Å². The molecule has 0 aliphatic carbocycles. The quantitative estimate of drug-likeness (QED) is 0.911. The van der Waals surface area contributed by atoms with E-state index in [9.17, 15) is 4.79 Å². The molecule has 2 aromatic heterocycles. The Morgan fingerprint density at radius 3 is 2.78 bits per heavy atom. The highest BCUT2D eigenvalue weighted by Gasteiger charge is 2.16. The van der Waals surface area contributed by atoms with Gasteiger partial charge in [0, 0.05) is 11.4 Å². The normalized spacial score (nSPS) is 10.3. The maximum atomic E-state index is 12.2. The third-order valence-corrected chi connectivity index (χ3v) is 3.36. The molecule has 2 aromatic rings. The molecule has 0 aliphatic heterocycles. The Hall–Kier alpha value is -1.95. The van der Waals surface area contributed by atoms with E-state index in [0.29, 0.717) is 24.6 Å². The molecule has 0 bridgehead atoms. The topological polar surface area (TPSA) is 72.1 Å². The van der Waals surface area contributed by atoms with Gasteiger partial charge in [0.1, 0.15) is 5.82 Å². The Morgan fingerprint density at radius 1 is 1.39 bits per heavy atom. The molecule has 0 aliphatic rings. The molecule has 0 saturated heterocycles. The number of hydrogen-bond donors (Lipinski definition) is 1. The Bertz CT molecular complexity index is 509. The fourth-order valence-electron chi connectivity index (χ4n) is 1.54. The van der Waals surface area contributed by atoms with Gasteiger partial charge in [0.15, 0.2) is 5.69 Å². The van der Waals surface area contributed by atoms with Crippen LogP contribution in [0.3, 0.4) is 0 Å². The number of nitrogens with zero attached hydrogens (tertiary/aromatic N) is 3. The minimum atomic E-state index is -0.126. The number of carbonyl (C=O) groups is 1. The van der Waals surface area contributed by atoms with Crippen LogP contribution >= 0.6 is 11.3 Å². The van der Waals surface area contributed by atoms with Crippen LogP contribution in [0.4, 0.5) is 5.82 Å². The second-order valence-corrected chi connectivity index (χ2v) is 4.77. The number of anilines is 1. The van der Waals surface area contributed by atoms with Gasteiger partial charge >= 0.3 is 0 Å². The van der Waals surface area contributed by atoms with Crippen molar-refractivity contribution in [2.75, 3.05) is 12.3 Å². The van der Waals surface area contributed by atoms with Crippen molar-refractivity contribution in [1.29, 1.82) is 0 Å². The molecule has 1 amide bonds. The molecule has 0 atom stereocenters. The summed E-state index contributed by atoms with van der Waals surface area (Å²) in [7, 11) is 0. The number of amides is 1. The zero-order valence-corrected chi connectivity index (χ0v) is 10.9. The first-order valence-electron chi connectivity index (χ1n) is 5.61. The molecule has 2 heterocycles. The van der Waals surface area contributed by atoms with Crippen LogP contribution in [0.15, 0.2) is 29.6 Å². The second-order valence-electron chi connectivity index (χ2n) is 3.74. The van der Waals surface area contributed by atoms with E-state index in [2.05, 4.69) is 10.2 Å². The maximum Gasteiger partial charge on any atom is 0.274 e.